The highest BCUT2D eigenvalue weighted by atomic mass is 16.5. The Morgan fingerprint density at radius 1 is 1.13 bits per heavy atom. The van der Waals surface area contributed by atoms with E-state index in [0.29, 0.717) is 22.2 Å². The Morgan fingerprint density at radius 3 is 2.60 bits per heavy atom. The van der Waals surface area contributed by atoms with Gasteiger partial charge in [0.05, 0.1) is 23.2 Å². The quantitative estimate of drug-likeness (QED) is 0.694. The fourth-order valence-electron chi connectivity index (χ4n) is 3.44. The minimum atomic E-state index is -0.383. The second-order valence-electron chi connectivity index (χ2n) is 7.53. The van der Waals surface area contributed by atoms with Gasteiger partial charge in [0.2, 0.25) is 0 Å². The van der Waals surface area contributed by atoms with Gasteiger partial charge in [-0.15, -0.1) is 0 Å². The number of nitrogens with one attached hydrogen (secondary N) is 2. The molecular weight excluding hydrogens is 384 g/mol. The van der Waals surface area contributed by atoms with Gasteiger partial charge in [-0.25, -0.2) is 4.68 Å². The number of hydrogen-bond donors (Lipinski definition) is 2. The molecule has 2 N–H and O–H groups in total. The van der Waals surface area contributed by atoms with Gasteiger partial charge in [-0.3, -0.25) is 14.4 Å². The molecule has 0 spiro atoms. The second kappa shape index (κ2) is 7.62. The molecule has 1 aromatic heterocycles. The molecule has 8 heteroatoms. The normalized spacial score (nSPS) is 14.1. The van der Waals surface area contributed by atoms with Crippen molar-refractivity contribution in [2.45, 2.75) is 32.9 Å². The van der Waals surface area contributed by atoms with Crippen molar-refractivity contribution in [3.05, 3.63) is 64.1 Å². The maximum absolute atomic E-state index is 13.1. The van der Waals surface area contributed by atoms with Gasteiger partial charge in [0, 0.05) is 5.39 Å². The van der Waals surface area contributed by atoms with Crippen LogP contribution in [0.3, 0.4) is 0 Å². The van der Waals surface area contributed by atoms with E-state index in [4.69, 9.17) is 4.74 Å². The summed E-state index contributed by atoms with van der Waals surface area (Å²) in [6.07, 6.45) is 0. The van der Waals surface area contributed by atoms with Crippen LogP contribution < -0.4 is 20.9 Å². The molecule has 154 valence electrons. The van der Waals surface area contributed by atoms with Crippen LogP contribution in [-0.2, 0) is 4.79 Å². The molecular formula is C22H22N4O4. The van der Waals surface area contributed by atoms with Crippen LogP contribution in [0.5, 0.6) is 5.75 Å². The Hall–Kier alpha value is -3.68. The third-order valence-electron chi connectivity index (χ3n) is 5.02. The predicted octanol–water partition coefficient (Wildman–Crippen LogP) is 2.80. The molecule has 0 aliphatic carbocycles. The van der Waals surface area contributed by atoms with Crippen molar-refractivity contribution < 1.29 is 14.3 Å². The number of nitrogens with zero attached hydrogens (tertiary/aromatic N) is 2. The summed E-state index contributed by atoms with van der Waals surface area (Å²) in [5.74, 6) is -0.0115. The Balaban J connectivity index is 1.67. The molecule has 8 nitrogen and oxygen atoms in total. The van der Waals surface area contributed by atoms with Gasteiger partial charge in [-0.2, -0.15) is 5.10 Å². The van der Waals surface area contributed by atoms with Crippen molar-refractivity contribution in [3.63, 3.8) is 0 Å². The third-order valence-corrected chi connectivity index (χ3v) is 5.02. The lowest BCUT2D eigenvalue weighted by Crippen LogP contribution is -2.33. The summed E-state index contributed by atoms with van der Waals surface area (Å²) in [6.45, 7) is 5.52. The minimum Gasteiger partial charge on any atom is -0.482 e. The summed E-state index contributed by atoms with van der Waals surface area (Å²) in [5.41, 5.74) is 1.34. The van der Waals surface area contributed by atoms with Crippen molar-refractivity contribution in [3.8, 4) is 5.75 Å². The second-order valence-corrected chi connectivity index (χ2v) is 7.53. The SMILES string of the molecule is CC(NC(=O)c1nn(C(C)C)c(=O)c2ccccc12)c1ccc2c(c1)NC(=O)CO2. The van der Waals surface area contributed by atoms with Crippen LogP contribution in [0.25, 0.3) is 10.8 Å². The van der Waals surface area contributed by atoms with Crippen LogP contribution in [0.4, 0.5) is 5.69 Å². The van der Waals surface area contributed by atoms with Gasteiger partial charge >= 0.3 is 0 Å². The van der Waals surface area contributed by atoms with Crippen molar-refractivity contribution in [1.29, 1.82) is 0 Å². The Kier molecular flexibility index (Phi) is 4.99. The topological polar surface area (TPSA) is 102 Å². The number of fused-ring (bicyclic) bond motifs is 2. The number of anilines is 1. The highest BCUT2D eigenvalue weighted by Crippen LogP contribution is 2.30. The lowest BCUT2D eigenvalue weighted by molar-refractivity contribution is -0.118. The van der Waals surface area contributed by atoms with E-state index in [-0.39, 0.29) is 41.8 Å². The maximum atomic E-state index is 13.1. The predicted molar refractivity (Wildman–Crippen MR) is 113 cm³/mol. The monoisotopic (exact) mass is 406 g/mol. The number of benzene rings is 2. The van der Waals surface area contributed by atoms with E-state index in [1.54, 1.807) is 36.4 Å². The van der Waals surface area contributed by atoms with E-state index >= 15 is 0 Å². The van der Waals surface area contributed by atoms with Crippen LogP contribution in [0, 0.1) is 0 Å². The average molecular weight is 406 g/mol. The van der Waals surface area contributed by atoms with Crippen LogP contribution in [-0.4, -0.2) is 28.2 Å². The number of carbonyl (C=O) groups excluding carboxylic acids is 2. The van der Waals surface area contributed by atoms with Crippen LogP contribution in [0.2, 0.25) is 0 Å². The van der Waals surface area contributed by atoms with Crippen LogP contribution in [0.15, 0.2) is 47.3 Å². The lowest BCUT2D eigenvalue weighted by Gasteiger charge is -2.21. The summed E-state index contributed by atoms with van der Waals surface area (Å²) in [6, 6.07) is 11.8. The van der Waals surface area contributed by atoms with Gasteiger partial charge in [0.1, 0.15) is 5.75 Å². The van der Waals surface area contributed by atoms with Gasteiger partial charge in [-0.05, 0) is 44.5 Å². The van der Waals surface area contributed by atoms with Crippen LogP contribution in [0.1, 0.15) is 48.9 Å². The van der Waals surface area contributed by atoms with E-state index in [0.717, 1.165) is 5.56 Å². The van der Waals surface area contributed by atoms with Gasteiger partial charge < -0.3 is 15.4 Å². The van der Waals surface area contributed by atoms with E-state index in [9.17, 15) is 14.4 Å². The first kappa shape index (κ1) is 19.6. The summed E-state index contributed by atoms with van der Waals surface area (Å²) in [7, 11) is 0. The van der Waals surface area contributed by atoms with Crippen molar-refractivity contribution in [2.24, 2.45) is 0 Å². The molecule has 3 aromatic rings. The number of ether oxygens (including phenoxy) is 1. The largest absolute Gasteiger partial charge is 0.482 e. The standard InChI is InChI=1S/C22H22N4O4/c1-12(2)26-22(29)16-7-5-4-6-15(16)20(25-26)21(28)23-13(3)14-8-9-18-17(10-14)24-19(27)11-30-18/h4-10,12-13H,11H2,1-3H3,(H,23,28)(H,24,27). The first-order valence-corrected chi connectivity index (χ1v) is 9.74. The molecule has 0 saturated carbocycles. The first-order chi connectivity index (χ1) is 14.3. The zero-order valence-electron chi connectivity index (χ0n) is 16.9. The molecule has 2 aromatic carbocycles. The number of carbonyl (C=O) groups is 2. The smallest absolute Gasteiger partial charge is 0.274 e. The Bertz CT molecular complexity index is 1220. The zero-order valence-corrected chi connectivity index (χ0v) is 16.9. The van der Waals surface area contributed by atoms with Crippen LogP contribution >= 0.6 is 0 Å². The molecule has 0 fully saturated rings. The molecule has 0 bridgehead atoms. The summed E-state index contributed by atoms with van der Waals surface area (Å²) >= 11 is 0. The Labute approximate surface area is 172 Å². The van der Waals surface area contributed by atoms with Crippen molar-refractivity contribution in [2.75, 3.05) is 11.9 Å². The summed E-state index contributed by atoms with van der Waals surface area (Å²) in [4.78, 5) is 37.3. The van der Waals surface area contributed by atoms with Gasteiger partial charge in [0.25, 0.3) is 17.4 Å². The number of hydrogen-bond acceptors (Lipinski definition) is 5. The van der Waals surface area contributed by atoms with Gasteiger partial charge in [-0.1, -0.05) is 24.3 Å². The summed E-state index contributed by atoms with van der Waals surface area (Å²) < 4.78 is 6.70. The van der Waals surface area contributed by atoms with E-state index < -0.39 is 0 Å². The molecule has 2 amide bonds. The highest BCUT2D eigenvalue weighted by molar-refractivity contribution is 6.05. The van der Waals surface area contributed by atoms with Gasteiger partial charge in [0.15, 0.2) is 12.3 Å². The molecule has 1 unspecified atom stereocenters. The maximum Gasteiger partial charge on any atom is 0.274 e. The molecule has 0 saturated heterocycles. The van der Waals surface area contributed by atoms with E-state index in [1.165, 1.54) is 4.68 Å². The highest BCUT2D eigenvalue weighted by Gasteiger charge is 2.21. The van der Waals surface area contributed by atoms with E-state index in [2.05, 4.69) is 15.7 Å². The molecule has 1 aliphatic rings. The molecule has 0 radical (unpaired) electrons. The third kappa shape index (κ3) is 3.52. The fourth-order valence-corrected chi connectivity index (χ4v) is 3.44. The molecule has 4 rings (SSSR count). The molecule has 1 aliphatic heterocycles. The van der Waals surface area contributed by atoms with Crippen molar-refractivity contribution in [1.82, 2.24) is 15.1 Å². The van der Waals surface area contributed by atoms with E-state index in [1.807, 2.05) is 26.8 Å². The molecule has 1 atom stereocenters. The fraction of sp³-hybridized carbons (Fsp3) is 0.273. The minimum absolute atomic E-state index is 0.0110. The Morgan fingerprint density at radius 2 is 1.87 bits per heavy atom. The first-order valence-electron chi connectivity index (χ1n) is 9.74. The number of amides is 2. The zero-order chi connectivity index (χ0) is 21.4. The van der Waals surface area contributed by atoms with Crippen molar-refractivity contribution >= 4 is 28.3 Å². The molecule has 2 heterocycles. The number of aromatic nitrogens is 2. The molecule has 30 heavy (non-hydrogen) atoms. The average Bonchev–Trinajstić information content (AvgIpc) is 2.73. The number of rotatable bonds is 4. The lowest BCUT2D eigenvalue weighted by atomic mass is 10.1. The summed E-state index contributed by atoms with van der Waals surface area (Å²) in [5, 5.41) is 11.0.